The molecule has 122 valence electrons. The molecule has 0 aliphatic heterocycles. The van der Waals surface area contributed by atoms with E-state index in [0.29, 0.717) is 12.3 Å². The highest BCUT2D eigenvalue weighted by atomic mass is 16.5. The summed E-state index contributed by atoms with van der Waals surface area (Å²) in [5.74, 6) is 0.425. The molecule has 5 heteroatoms. The molecular weight excluding hydrogens is 292 g/mol. The number of carbonyl (C=O) groups is 1. The second-order valence-corrected chi connectivity index (χ2v) is 5.12. The predicted octanol–water partition coefficient (Wildman–Crippen LogP) is 3.31. The highest BCUT2D eigenvalue weighted by Crippen LogP contribution is 2.37. The van der Waals surface area contributed by atoms with Crippen LogP contribution in [0.3, 0.4) is 0 Å². The van der Waals surface area contributed by atoms with Gasteiger partial charge in [-0.05, 0) is 43.7 Å². The number of carbonyl (C=O) groups excluding carboxylic acids is 1. The summed E-state index contributed by atoms with van der Waals surface area (Å²) >= 11 is 0. The van der Waals surface area contributed by atoms with Crippen molar-refractivity contribution in [1.82, 2.24) is 0 Å². The Morgan fingerprint density at radius 1 is 1.22 bits per heavy atom. The van der Waals surface area contributed by atoms with Gasteiger partial charge >= 0.3 is 5.97 Å². The molecule has 3 N–H and O–H groups in total. The third-order valence-electron chi connectivity index (χ3n) is 3.46. The zero-order valence-corrected chi connectivity index (χ0v) is 13.6. The van der Waals surface area contributed by atoms with Gasteiger partial charge in [0.25, 0.3) is 0 Å². The summed E-state index contributed by atoms with van der Waals surface area (Å²) in [6.45, 7) is 3.91. The van der Waals surface area contributed by atoms with Crippen molar-refractivity contribution >= 4 is 17.3 Å². The van der Waals surface area contributed by atoms with E-state index in [1.807, 2.05) is 42.5 Å². The minimum atomic E-state index is -0.463. The Hall–Kier alpha value is -2.69. The molecule has 0 fully saturated rings. The maximum Gasteiger partial charge on any atom is 0.328 e. The standard InChI is InChI=1S/C18H22N2O3/c1-4-23-18(21)12(2)20-15-6-5-7-16(22-3)17(15)13-8-10-14(19)11-9-13/h5-12,20H,4,19H2,1-3H3. The van der Waals surface area contributed by atoms with Gasteiger partial charge in [-0.3, -0.25) is 0 Å². The van der Waals surface area contributed by atoms with E-state index < -0.39 is 6.04 Å². The summed E-state index contributed by atoms with van der Waals surface area (Å²) in [4.78, 5) is 11.9. The molecule has 0 amide bonds. The van der Waals surface area contributed by atoms with Crippen molar-refractivity contribution in [2.45, 2.75) is 19.9 Å². The molecule has 1 unspecified atom stereocenters. The molecule has 2 aromatic carbocycles. The summed E-state index contributed by atoms with van der Waals surface area (Å²) in [6.07, 6.45) is 0. The van der Waals surface area contributed by atoms with Crippen molar-refractivity contribution in [2.24, 2.45) is 0 Å². The molecule has 0 radical (unpaired) electrons. The average molecular weight is 314 g/mol. The number of nitrogens with one attached hydrogen (secondary N) is 1. The van der Waals surface area contributed by atoms with E-state index in [4.69, 9.17) is 15.2 Å². The quantitative estimate of drug-likeness (QED) is 0.632. The fraction of sp³-hybridized carbons (Fsp3) is 0.278. The van der Waals surface area contributed by atoms with Gasteiger partial charge in [-0.1, -0.05) is 18.2 Å². The summed E-state index contributed by atoms with van der Waals surface area (Å²) in [7, 11) is 1.62. The molecule has 0 saturated carbocycles. The number of ether oxygens (including phenoxy) is 2. The van der Waals surface area contributed by atoms with Crippen LogP contribution < -0.4 is 15.8 Å². The lowest BCUT2D eigenvalue weighted by Crippen LogP contribution is -2.28. The number of methoxy groups -OCH3 is 1. The van der Waals surface area contributed by atoms with Gasteiger partial charge in [0.2, 0.25) is 0 Å². The number of benzene rings is 2. The van der Waals surface area contributed by atoms with Crippen LogP contribution >= 0.6 is 0 Å². The Bertz CT molecular complexity index is 668. The third-order valence-corrected chi connectivity index (χ3v) is 3.46. The van der Waals surface area contributed by atoms with E-state index in [1.165, 1.54) is 0 Å². The molecular formula is C18H22N2O3. The molecule has 5 nitrogen and oxygen atoms in total. The minimum Gasteiger partial charge on any atom is -0.496 e. The van der Waals surface area contributed by atoms with Gasteiger partial charge in [0.05, 0.1) is 13.7 Å². The van der Waals surface area contributed by atoms with Crippen LogP contribution in [0, 0.1) is 0 Å². The lowest BCUT2D eigenvalue weighted by atomic mass is 10.0. The first-order valence-corrected chi connectivity index (χ1v) is 7.53. The molecule has 23 heavy (non-hydrogen) atoms. The lowest BCUT2D eigenvalue weighted by Gasteiger charge is -2.19. The van der Waals surface area contributed by atoms with Crippen LogP contribution in [0.4, 0.5) is 11.4 Å². The predicted molar refractivity (Wildman–Crippen MR) is 92.6 cm³/mol. The average Bonchev–Trinajstić information content (AvgIpc) is 2.55. The Morgan fingerprint density at radius 3 is 2.52 bits per heavy atom. The van der Waals surface area contributed by atoms with Gasteiger partial charge in [-0.25, -0.2) is 4.79 Å². The van der Waals surface area contributed by atoms with Crippen LogP contribution in [-0.2, 0) is 9.53 Å². The van der Waals surface area contributed by atoms with Gasteiger partial charge in [0.1, 0.15) is 11.8 Å². The maximum absolute atomic E-state index is 11.9. The Kier molecular flexibility index (Phi) is 5.46. The molecule has 2 aromatic rings. The van der Waals surface area contributed by atoms with Gasteiger partial charge < -0.3 is 20.5 Å². The minimum absolute atomic E-state index is 0.293. The molecule has 0 aromatic heterocycles. The number of nitrogens with two attached hydrogens (primary N) is 1. The monoisotopic (exact) mass is 314 g/mol. The molecule has 0 aliphatic rings. The highest BCUT2D eigenvalue weighted by Gasteiger charge is 2.18. The number of hydrogen-bond donors (Lipinski definition) is 2. The number of rotatable bonds is 6. The first-order chi connectivity index (χ1) is 11.1. The van der Waals surface area contributed by atoms with E-state index in [-0.39, 0.29) is 5.97 Å². The van der Waals surface area contributed by atoms with Crippen molar-refractivity contribution in [3.8, 4) is 16.9 Å². The number of esters is 1. The van der Waals surface area contributed by atoms with E-state index in [1.54, 1.807) is 21.0 Å². The van der Waals surface area contributed by atoms with Crippen LogP contribution in [0.5, 0.6) is 5.75 Å². The van der Waals surface area contributed by atoms with Crippen LogP contribution in [-0.4, -0.2) is 25.7 Å². The summed E-state index contributed by atoms with van der Waals surface area (Å²) < 4.78 is 10.5. The molecule has 0 saturated heterocycles. The second kappa shape index (κ2) is 7.54. The van der Waals surface area contributed by atoms with E-state index in [0.717, 1.165) is 22.6 Å². The number of hydrogen-bond acceptors (Lipinski definition) is 5. The maximum atomic E-state index is 11.9. The van der Waals surface area contributed by atoms with Crippen molar-refractivity contribution in [3.05, 3.63) is 42.5 Å². The van der Waals surface area contributed by atoms with E-state index in [9.17, 15) is 4.79 Å². The molecule has 1 atom stereocenters. The van der Waals surface area contributed by atoms with E-state index in [2.05, 4.69) is 5.32 Å². The zero-order chi connectivity index (χ0) is 16.8. The normalized spacial score (nSPS) is 11.6. The zero-order valence-electron chi connectivity index (χ0n) is 13.6. The molecule has 0 spiro atoms. The van der Waals surface area contributed by atoms with Gasteiger partial charge in [-0.15, -0.1) is 0 Å². The van der Waals surface area contributed by atoms with Crippen molar-refractivity contribution in [1.29, 1.82) is 0 Å². The summed E-state index contributed by atoms with van der Waals surface area (Å²) in [6, 6.07) is 12.7. The van der Waals surface area contributed by atoms with Crippen molar-refractivity contribution < 1.29 is 14.3 Å². The first kappa shape index (κ1) is 16.7. The van der Waals surface area contributed by atoms with E-state index >= 15 is 0 Å². The molecule has 0 heterocycles. The fourth-order valence-corrected chi connectivity index (χ4v) is 2.33. The van der Waals surface area contributed by atoms with Gasteiger partial charge in [0.15, 0.2) is 0 Å². The van der Waals surface area contributed by atoms with Gasteiger partial charge in [-0.2, -0.15) is 0 Å². The third kappa shape index (κ3) is 3.94. The Labute approximate surface area is 136 Å². The number of nitrogen functional groups attached to an aromatic ring is 1. The van der Waals surface area contributed by atoms with Crippen molar-refractivity contribution in [2.75, 3.05) is 24.8 Å². The number of anilines is 2. The topological polar surface area (TPSA) is 73.6 Å². The van der Waals surface area contributed by atoms with Gasteiger partial charge in [0, 0.05) is 16.9 Å². The van der Waals surface area contributed by atoms with Crippen LogP contribution in [0.1, 0.15) is 13.8 Å². The molecule has 0 bridgehead atoms. The Balaban J connectivity index is 2.40. The van der Waals surface area contributed by atoms with Crippen molar-refractivity contribution in [3.63, 3.8) is 0 Å². The Morgan fingerprint density at radius 2 is 1.91 bits per heavy atom. The van der Waals surface area contributed by atoms with Crippen LogP contribution in [0.2, 0.25) is 0 Å². The lowest BCUT2D eigenvalue weighted by molar-refractivity contribution is -0.143. The first-order valence-electron chi connectivity index (χ1n) is 7.53. The largest absolute Gasteiger partial charge is 0.496 e. The fourth-order valence-electron chi connectivity index (χ4n) is 2.33. The summed E-state index contributed by atoms with van der Waals surface area (Å²) in [5, 5.41) is 3.20. The van der Waals surface area contributed by atoms with Crippen LogP contribution in [0.15, 0.2) is 42.5 Å². The molecule has 2 rings (SSSR count). The van der Waals surface area contributed by atoms with Crippen LogP contribution in [0.25, 0.3) is 11.1 Å². The second-order valence-electron chi connectivity index (χ2n) is 5.12. The smallest absolute Gasteiger partial charge is 0.328 e. The highest BCUT2D eigenvalue weighted by molar-refractivity contribution is 5.87. The summed E-state index contributed by atoms with van der Waals surface area (Å²) in [5.41, 5.74) is 9.09. The SMILES string of the molecule is CCOC(=O)C(C)Nc1cccc(OC)c1-c1ccc(N)cc1. The molecule has 0 aliphatic carbocycles.